The van der Waals surface area contributed by atoms with Crippen LogP contribution in [-0.4, -0.2) is 85.1 Å². The van der Waals surface area contributed by atoms with Crippen LogP contribution in [0, 0.1) is 23.1 Å². The lowest BCUT2D eigenvalue weighted by atomic mass is 9.95. The standard InChI is InChI=1S/C21H27FN4O5/c22-16-1-2-17(15(11-16)12-23)25-5-3-14(4-6-25)13-24-20(29)18(27)19(28)21(30)26-7-9-31-10-8-26/h1-2,11,14,18-19,27-28H,3-10,13H2,(H,24,29)/t18-,19-/m1/s1. The van der Waals surface area contributed by atoms with Gasteiger partial charge in [-0.3, -0.25) is 9.59 Å². The summed E-state index contributed by atoms with van der Waals surface area (Å²) >= 11 is 0. The summed E-state index contributed by atoms with van der Waals surface area (Å²) in [6.45, 7) is 2.91. The van der Waals surface area contributed by atoms with Crippen molar-refractivity contribution in [2.45, 2.75) is 25.0 Å². The van der Waals surface area contributed by atoms with Gasteiger partial charge in [0.25, 0.3) is 11.8 Å². The first-order chi connectivity index (χ1) is 14.9. The number of carbonyl (C=O) groups excluding carboxylic acids is 2. The highest BCUT2D eigenvalue weighted by Gasteiger charge is 2.34. The number of morpholine rings is 1. The van der Waals surface area contributed by atoms with E-state index < -0.39 is 29.8 Å². The van der Waals surface area contributed by atoms with Crippen molar-refractivity contribution in [1.29, 1.82) is 5.26 Å². The zero-order valence-corrected chi connectivity index (χ0v) is 17.2. The Hall–Kier alpha value is -2.74. The Morgan fingerprint density at radius 3 is 2.52 bits per heavy atom. The number of hydrogen-bond donors (Lipinski definition) is 3. The van der Waals surface area contributed by atoms with Gasteiger partial charge in [0.2, 0.25) is 0 Å². The lowest BCUT2D eigenvalue weighted by Gasteiger charge is -2.34. The number of nitrogens with one attached hydrogen (secondary N) is 1. The number of hydrogen-bond acceptors (Lipinski definition) is 7. The lowest BCUT2D eigenvalue weighted by Crippen LogP contribution is -2.53. The third kappa shape index (κ3) is 5.70. The highest BCUT2D eigenvalue weighted by atomic mass is 19.1. The SMILES string of the molecule is N#Cc1cc(F)ccc1N1CCC(CNC(=O)[C@H](O)[C@@H](O)C(=O)N2CCOCC2)CC1. The number of ether oxygens (including phenoxy) is 1. The monoisotopic (exact) mass is 434 g/mol. The number of nitrogens with zero attached hydrogens (tertiary/aromatic N) is 3. The summed E-state index contributed by atoms with van der Waals surface area (Å²) in [6, 6.07) is 6.15. The van der Waals surface area contributed by atoms with Crippen LogP contribution in [0.2, 0.25) is 0 Å². The van der Waals surface area contributed by atoms with Gasteiger partial charge in [0, 0.05) is 32.7 Å². The minimum absolute atomic E-state index is 0.144. The van der Waals surface area contributed by atoms with E-state index in [2.05, 4.69) is 5.32 Å². The van der Waals surface area contributed by atoms with Crippen molar-refractivity contribution in [2.75, 3.05) is 50.8 Å². The topological polar surface area (TPSA) is 126 Å². The van der Waals surface area contributed by atoms with Crippen molar-refractivity contribution in [3.63, 3.8) is 0 Å². The molecule has 0 spiro atoms. The first-order valence-electron chi connectivity index (χ1n) is 10.4. The normalized spacial score (nSPS) is 19.4. The number of benzene rings is 1. The summed E-state index contributed by atoms with van der Waals surface area (Å²) in [5.41, 5.74) is 0.973. The van der Waals surface area contributed by atoms with Crippen molar-refractivity contribution >= 4 is 17.5 Å². The van der Waals surface area contributed by atoms with Gasteiger partial charge in [0.1, 0.15) is 11.9 Å². The Morgan fingerprint density at radius 1 is 1.19 bits per heavy atom. The predicted molar refractivity (Wildman–Crippen MR) is 108 cm³/mol. The number of piperidine rings is 1. The van der Waals surface area contributed by atoms with E-state index in [1.54, 1.807) is 6.07 Å². The van der Waals surface area contributed by atoms with Crippen LogP contribution >= 0.6 is 0 Å². The van der Waals surface area contributed by atoms with E-state index in [1.807, 2.05) is 11.0 Å². The Balaban J connectivity index is 1.45. The Bertz CT molecular complexity index is 832. The highest BCUT2D eigenvalue weighted by Crippen LogP contribution is 2.26. The fourth-order valence-electron chi connectivity index (χ4n) is 3.85. The van der Waals surface area contributed by atoms with Crippen LogP contribution in [0.15, 0.2) is 18.2 Å². The van der Waals surface area contributed by atoms with Gasteiger partial charge in [0.05, 0.1) is 24.5 Å². The molecule has 2 aliphatic heterocycles. The molecule has 2 amide bonds. The second-order valence-electron chi connectivity index (χ2n) is 7.78. The third-order valence-electron chi connectivity index (χ3n) is 5.74. The molecule has 2 heterocycles. The predicted octanol–water partition coefficient (Wildman–Crippen LogP) is -0.389. The number of halogens is 1. The van der Waals surface area contributed by atoms with E-state index in [9.17, 15) is 29.5 Å². The molecular weight excluding hydrogens is 407 g/mol. The van der Waals surface area contributed by atoms with Crippen molar-refractivity contribution in [3.05, 3.63) is 29.6 Å². The molecule has 2 atom stereocenters. The first kappa shape index (κ1) is 22.9. The zero-order valence-electron chi connectivity index (χ0n) is 17.2. The molecule has 2 aliphatic rings. The smallest absolute Gasteiger partial charge is 0.254 e. The zero-order chi connectivity index (χ0) is 22.4. The van der Waals surface area contributed by atoms with Gasteiger partial charge in [0.15, 0.2) is 12.2 Å². The number of rotatable bonds is 6. The molecule has 0 unspecified atom stereocenters. The van der Waals surface area contributed by atoms with Crippen molar-refractivity contribution < 1.29 is 28.9 Å². The molecule has 1 aromatic rings. The van der Waals surface area contributed by atoms with Crippen LogP contribution in [-0.2, 0) is 14.3 Å². The fraction of sp³-hybridized carbons (Fsp3) is 0.571. The van der Waals surface area contributed by atoms with Crippen LogP contribution in [0.25, 0.3) is 0 Å². The number of nitriles is 1. The quantitative estimate of drug-likeness (QED) is 0.557. The molecule has 0 aromatic heterocycles. The molecular formula is C21H27FN4O5. The lowest BCUT2D eigenvalue weighted by molar-refractivity contribution is -0.156. The van der Waals surface area contributed by atoms with Gasteiger partial charge >= 0.3 is 0 Å². The van der Waals surface area contributed by atoms with Crippen LogP contribution in [0.4, 0.5) is 10.1 Å². The fourth-order valence-corrected chi connectivity index (χ4v) is 3.85. The second-order valence-corrected chi connectivity index (χ2v) is 7.78. The summed E-state index contributed by atoms with van der Waals surface area (Å²) in [7, 11) is 0. The van der Waals surface area contributed by atoms with E-state index in [1.165, 1.54) is 17.0 Å². The Morgan fingerprint density at radius 2 is 1.87 bits per heavy atom. The summed E-state index contributed by atoms with van der Waals surface area (Å²) in [5, 5.41) is 32.0. The van der Waals surface area contributed by atoms with E-state index in [0.29, 0.717) is 51.6 Å². The van der Waals surface area contributed by atoms with E-state index in [0.717, 1.165) is 12.8 Å². The van der Waals surface area contributed by atoms with Crippen molar-refractivity contribution in [3.8, 4) is 6.07 Å². The van der Waals surface area contributed by atoms with Crippen LogP contribution < -0.4 is 10.2 Å². The van der Waals surface area contributed by atoms with Crippen LogP contribution in [0.5, 0.6) is 0 Å². The number of aliphatic hydroxyl groups is 2. The summed E-state index contributed by atoms with van der Waals surface area (Å²) < 4.78 is 18.5. The average Bonchev–Trinajstić information content (AvgIpc) is 2.81. The molecule has 3 rings (SSSR count). The Labute approximate surface area is 180 Å². The molecule has 2 fully saturated rings. The van der Waals surface area contributed by atoms with Crippen LogP contribution in [0.1, 0.15) is 18.4 Å². The molecule has 0 saturated carbocycles. The van der Waals surface area contributed by atoms with Crippen molar-refractivity contribution in [1.82, 2.24) is 10.2 Å². The van der Waals surface area contributed by atoms with E-state index >= 15 is 0 Å². The molecule has 31 heavy (non-hydrogen) atoms. The molecule has 0 radical (unpaired) electrons. The number of carbonyl (C=O) groups is 2. The van der Waals surface area contributed by atoms with E-state index in [-0.39, 0.29) is 11.5 Å². The molecule has 2 saturated heterocycles. The van der Waals surface area contributed by atoms with Gasteiger partial charge in [-0.25, -0.2) is 4.39 Å². The van der Waals surface area contributed by atoms with Crippen LogP contribution in [0.3, 0.4) is 0 Å². The molecule has 1 aromatic carbocycles. The number of amides is 2. The van der Waals surface area contributed by atoms with Gasteiger partial charge in [-0.05, 0) is 37.0 Å². The third-order valence-corrected chi connectivity index (χ3v) is 5.74. The number of anilines is 1. The summed E-state index contributed by atoms with van der Waals surface area (Å²) in [6.07, 6.45) is -2.20. The maximum absolute atomic E-state index is 13.3. The maximum Gasteiger partial charge on any atom is 0.254 e. The maximum atomic E-state index is 13.3. The summed E-state index contributed by atoms with van der Waals surface area (Å²) in [4.78, 5) is 27.8. The molecule has 168 valence electrons. The van der Waals surface area contributed by atoms with E-state index in [4.69, 9.17) is 4.74 Å². The van der Waals surface area contributed by atoms with Gasteiger partial charge in [-0.15, -0.1) is 0 Å². The summed E-state index contributed by atoms with van der Waals surface area (Å²) in [5.74, 6) is -1.79. The first-order valence-corrected chi connectivity index (χ1v) is 10.4. The minimum Gasteiger partial charge on any atom is -0.380 e. The number of aliphatic hydroxyl groups excluding tert-OH is 2. The van der Waals surface area contributed by atoms with Gasteiger partial charge < -0.3 is 30.1 Å². The average molecular weight is 434 g/mol. The molecule has 10 heteroatoms. The molecule has 3 N–H and O–H groups in total. The largest absolute Gasteiger partial charge is 0.380 e. The second kappa shape index (κ2) is 10.5. The van der Waals surface area contributed by atoms with Gasteiger partial charge in [-0.1, -0.05) is 0 Å². The van der Waals surface area contributed by atoms with Crippen molar-refractivity contribution in [2.24, 2.45) is 5.92 Å². The minimum atomic E-state index is -1.84. The molecule has 0 bridgehead atoms. The Kier molecular flexibility index (Phi) is 7.79. The van der Waals surface area contributed by atoms with Gasteiger partial charge in [-0.2, -0.15) is 5.26 Å². The molecule has 0 aliphatic carbocycles. The molecule has 9 nitrogen and oxygen atoms in total. The highest BCUT2D eigenvalue weighted by molar-refractivity contribution is 5.90.